The van der Waals surface area contributed by atoms with Gasteiger partial charge in [-0.3, -0.25) is 0 Å². The molecule has 1 atom stereocenters. The number of nitrogens with zero attached hydrogens (tertiary/aromatic N) is 2. The molecule has 1 aromatic rings. The zero-order valence-electron chi connectivity index (χ0n) is 9.17. The Hall–Kier alpha value is -0.380. The van der Waals surface area contributed by atoms with Crippen LogP contribution in [0.1, 0.15) is 57.1 Å². The van der Waals surface area contributed by atoms with E-state index in [4.69, 9.17) is 4.42 Å². The summed E-state index contributed by atoms with van der Waals surface area (Å²) in [6, 6.07) is 0. The quantitative estimate of drug-likeness (QED) is 0.777. The highest BCUT2D eigenvalue weighted by molar-refractivity contribution is 9.09. The van der Waals surface area contributed by atoms with Gasteiger partial charge in [0.1, 0.15) is 0 Å². The zero-order valence-corrected chi connectivity index (χ0v) is 10.8. The van der Waals surface area contributed by atoms with Crippen LogP contribution in [-0.2, 0) is 5.41 Å². The smallest absolute Gasteiger partial charge is 0.230 e. The summed E-state index contributed by atoms with van der Waals surface area (Å²) >= 11 is 3.49. The molecule has 0 aliphatic heterocycles. The van der Waals surface area contributed by atoms with Crippen LogP contribution in [0.25, 0.3) is 0 Å². The van der Waals surface area contributed by atoms with Crippen molar-refractivity contribution in [2.75, 3.05) is 0 Å². The van der Waals surface area contributed by atoms with Crippen molar-refractivity contribution in [3.05, 3.63) is 11.8 Å². The third kappa shape index (κ3) is 2.35. The largest absolute Gasteiger partial charge is 0.423 e. The predicted molar refractivity (Wildman–Crippen MR) is 59.6 cm³/mol. The normalized spacial score (nSPS) is 14.4. The molecule has 1 unspecified atom stereocenters. The van der Waals surface area contributed by atoms with E-state index >= 15 is 0 Å². The van der Waals surface area contributed by atoms with Gasteiger partial charge in [-0.2, -0.15) is 0 Å². The van der Waals surface area contributed by atoms with Crippen molar-refractivity contribution < 1.29 is 4.42 Å². The Labute approximate surface area is 93.4 Å². The Bertz CT molecular complexity index is 296. The minimum absolute atomic E-state index is 0.0221. The molecule has 80 valence electrons. The lowest BCUT2D eigenvalue weighted by atomic mass is 9.90. The van der Waals surface area contributed by atoms with Gasteiger partial charge in [0, 0.05) is 5.41 Å². The standard InChI is InChI=1S/C10H17BrN2O/c1-5-7(11)8-12-13-9(14-8)10(3,4)6-2/h7H,5-6H2,1-4H3. The first-order chi connectivity index (χ1) is 6.51. The molecular weight excluding hydrogens is 244 g/mol. The molecule has 0 spiro atoms. The van der Waals surface area contributed by atoms with Crippen LogP contribution in [0.2, 0.25) is 0 Å². The number of aromatic nitrogens is 2. The Morgan fingerprint density at radius 2 is 2.00 bits per heavy atom. The number of rotatable bonds is 4. The average molecular weight is 261 g/mol. The minimum atomic E-state index is -0.0221. The molecule has 3 nitrogen and oxygen atoms in total. The SMILES string of the molecule is CCC(Br)c1nnc(C(C)(C)CC)o1. The third-order valence-corrected chi connectivity index (χ3v) is 3.57. The van der Waals surface area contributed by atoms with Crippen molar-refractivity contribution in [3.8, 4) is 0 Å². The van der Waals surface area contributed by atoms with Crippen LogP contribution in [0.4, 0.5) is 0 Å². The van der Waals surface area contributed by atoms with Gasteiger partial charge in [0.15, 0.2) is 0 Å². The first kappa shape index (κ1) is 11.7. The van der Waals surface area contributed by atoms with Crippen LogP contribution < -0.4 is 0 Å². The summed E-state index contributed by atoms with van der Waals surface area (Å²) < 4.78 is 5.62. The van der Waals surface area contributed by atoms with E-state index in [1.165, 1.54) is 0 Å². The Morgan fingerprint density at radius 1 is 1.36 bits per heavy atom. The number of hydrogen-bond donors (Lipinski definition) is 0. The number of alkyl halides is 1. The Balaban J connectivity index is 2.88. The van der Waals surface area contributed by atoms with E-state index in [2.05, 4.69) is 53.8 Å². The summed E-state index contributed by atoms with van der Waals surface area (Å²) in [5, 5.41) is 8.12. The summed E-state index contributed by atoms with van der Waals surface area (Å²) in [5.41, 5.74) is -0.0221. The highest BCUT2D eigenvalue weighted by Gasteiger charge is 2.26. The van der Waals surface area contributed by atoms with Crippen molar-refractivity contribution >= 4 is 15.9 Å². The summed E-state index contributed by atoms with van der Waals surface area (Å²) in [7, 11) is 0. The lowest BCUT2D eigenvalue weighted by Gasteiger charge is -2.16. The molecular formula is C10H17BrN2O. The van der Waals surface area contributed by atoms with Crippen LogP contribution >= 0.6 is 15.9 Å². The summed E-state index contributed by atoms with van der Waals surface area (Å²) in [5.74, 6) is 1.41. The van der Waals surface area contributed by atoms with Crippen molar-refractivity contribution in [3.63, 3.8) is 0 Å². The molecule has 0 amide bonds. The van der Waals surface area contributed by atoms with Crippen LogP contribution in [0, 0.1) is 0 Å². The first-order valence-corrected chi connectivity index (χ1v) is 5.90. The fourth-order valence-electron chi connectivity index (χ4n) is 0.960. The summed E-state index contributed by atoms with van der Waals surface area (Å²) in [6.07, 6.45) is 1.95. The molecule has 0 saturated heterocycles. The highest BCUT2D eigenvalue weighted by Crippen LogP contribution is 2.30. The average Bonchev–Trinajstić information content (AvgIpc) is 2.66. The predicted octanol–water partition coefficient (Wildman–Crippen LogP) is 3.60. The molecule has 0 bridgehead atoms. The maximum atomic E-state index is 5.62. The van der Waals surface area contributed by atoms with Crippen LogP contribution in [0.5, 0.6) is 0 Å². The van der Waals surface area contributed by atoms with E-state index < -0.39 is 0 Å². The fraction of sp³-hybridized carbons (Fsp3) is 0.800. The lowest BCUT2D eigenvalue weighted by Crippen LogP contribution is -2.15. The van der Waals surface area contributed by atoms with E-state index in [1.807, 2.05) is 0 Å². The minimum Gasteiger partial charge on any atom is -0.423 e. The maximum absolute atomic E-state index is 5.62. The van der Waals surface area contributed by atoms with Gasteiger partial charge in [0.2, 0.25) is 11.8 Å². The van der Waals surface area contributed by atoms with E-state index in [-0.39, 0.29) is 10.2 Å². The number of hydrogen-bond acceptors (Lipinski definition) is 3. The second-order valence-corrected chi connectivity index (χ2v) is 5.16. The first-order valence-electron chi connectivity index (χ1n) is 4.99. The molecule has 4 heteroatoms. The fourth-order valence-corrected chi connectivity index (χ4v) is 1.15. The molecule has 0 N–H and O–H groups in total. The van der Waals surface area contributed by atoms with Gasteiger partial charge in [-0.1, -0.05) is 43.6 Å². The van der Waals surface area contributed by atoms with Crippen LogP contribution in [-0.4, -0.2) is 10.2 Å². The third-order valence-electron chi connectivity index (χ3n) is 2.53. The van der Waals surface area contributed by atoms with Crippen LogP contribution in [0.15, 0.2) is 4.42 Å². The van der Waals surface area contributed by atoms with E-state index in [0.717, 1.165) is 18.7 Å². The van der Waals surface area contributed by atoms with E-state index in [1.54, 1.807) is 0 Å². The van der Waals surface area contributed by atoms with Crippen LogP contribution in [0.3, 0.4) is 0 Å². The second kappa shape index (κ2) is 4.43. The molecule has 0 fully saturated rings. The van der Waals surface area contributed by atoms with Gasteiger partial charge in [-0.05, 0) is 12.8 Å². The second-order valence-electron chi connectivity index (χ2n) is 4.06. The highest BCUT2D eigenvalue weighted by atomic mass is 79.9. The van der Waals surface area contributed by atoms with Crippen molar-refractivity contribution in [2.45, 2.75) is 50.8 Å². The topological polar surface area (TPSA) is 38.9 Å². The van der Waals surface area contributed by atoms with Gasteiger partial charge < -0.3 is 4.42 Å². The van der Waals surface area contributed by atoms with Gasteiger partial charge >= 0.3 is 0 Å². The molecule has 1 aromatic heterocycles. The van der Waals surface area contributed by atoms with Crippen molar-refractivity contribution in [1.82, 2.24) is 10.2 Å². The van der Waals surface area contributed by atoms with Gasteiger partial charge in [-0.15, -0.1) is 10.2 Å². The zero-order chi connectivity index (χ0) is 10.8. The van der Waals surface area contributed by atoms with Gasteiger partial charge in [0.25, 0.3) is 0 Å². The maximum Gasteiger partial charge on any atom is 0.230 e. The van der Waals surface area contributed by atoms with E-state index in [0.29, 0.717) is 5.89 Å². The molecule has 0 aliphatic carbocycles. The van der Waals surface area contributed by atoms with E-state index in [9.17, 15) is 0 Å². The Kier molecular flexibility index (Phi) is 3.70. The molecule has 14 heavy (non-hydrogen) atoms. The lowest BCUT2D eigenvalue weighted by molar-refractivity contribution is 0.343. The molecule has 0 saturated carbocycles. The summed E-state index contributed by atoms with van der Waals surface area (Å²) in [4.78, 5) is 0.177. The molecule has 0 radical (unpaired) electrons. The van der Waals surface area contributed by atoms with Gasteiger partial charge in [-0.25, -0.2) is 0 Å². The molecule has 1 heterocycles. The summed E-state index contributed by atoms with van der Waals surface area (Å²) in [6.45, 7) is 8.42. The monoisotopic (exact) mass is 260 g/mol. The molecule has 1 rings (SSSR count). The Morgan fingerprint density at radius 3 is 2.50 bits per heavy atom. The molecule has 0 aliphatic rings. The number of halogens is 1. The van der Waals surface area contributed by atoms with Crippen molar-refractivity contribution in [1.29, 1.82) is 0 Å². The van der Waals surface area contributed by atoms with Gasteiger partial charge in [0.05, 0.1) is 4.83 Å². The molecule has 0 aromatic carbocycles. The van der Waals surface area contributed by atoms with Crippen molar-refractivity contribution in [2.24, 2.45) is 0 Å².